The summed E-state index contributed by atoms with van der Waals surface area (Å²) >= 11 is 0. The number of hydrogen-bond acceptors (Lipinski definition) is 0. The molecule has 0 amide bonds. The summed E-state index contributed by atoms with van der Waals surface area (Å²) in [4.78, 5) is 0. The van der Waals surface area contributed by atoms with Crippen LogP contribution in [-0.2, 0) is 0 Å². The molecule has 0 aliphatic carbocycles. The third-order valence-corrected chi connectivity index (χ3v) is 2.67. The molecule has 0 unspecified atom stereocenters. The average molecular weight is 617 g/mol. The molecule has 4 aromatic rings. The Morgan fingerprint density at radius 2 is 0.136 bits per heavy atom. The molecule has 0 aliphatic rings. The van der Waals surface area contributed by atoms with Gasteiger partial charge in [-0.15, -0.1) is 0 Å². The summed E-state index contributed by atoms with van der Waals surface area (Å²) in [5, 5.41) is 0. The second kappa shape index (κ2) is 138. The molecule has 0 saturated carbocycles. The van der Waals surface area contributed by atoms with Gasteiger partial charge >= 0.3 is 0 Å². The van der Waals surface area contributed by atoms with Gasteiger partial charge in [0.2, 0.25) is 0 Å². The van der Waals surface area contributed by atoms with E-state index in [4.69, 9.17) is 0 Å². The summed E-state index contributed by atoms with van der Waals surface area (Å²) in [6, 6.07) is 48.0. The lowest BCUT2D eigenvalue weighted by atomic mass is 10.4. The summed E-state index contributed by atoms with van der Waals surface area (Å²) in [5.41, 5.74) is 0. The second-order valence-electron chi connectivity index (χ2n) is 4.62. The van der Waals surface area contributed by atoms with E-state index in [1.54, 1.807) is 0 Å². The highest BCUT2D eigenvalue weighted by atomic mass is 13.7. The Balaban J connectivity index is -0.0000000263. The van der Waals surface area contributed by atoms with Gasteiger partial charge in [0.1, 0.15) is 0 Å². The fraction of sp³-hybridized carbons (Fsp3) is 0.455. The van der Waals surface area contributed by atoms with Gasteiger partial charge in [0.25, 0.3) is 0 Å². The highest BCUT2D eigenvalue weighted by Gasteiger charge is 1.59. The van der Waals surface area contributed by atoms with Crippen LogP contribution >= 0.6 is 0 Å². The maximum absolute atomic E-state index is 2.00. The maximum Gasteiger partial charge on any atom is -0.0623 e. The van der Waals surface area contributed by atoms with Crippen molar-refractivity contribution in [3.63, 3.8) is 0 Å². The van der Waals surface area contributed by atoms with E-state index >= 15 is 0 Å². The summed E-state index contributed by atoms with van der Waals surface area (Å²) in [6.45, 7) is 32.0. The standard InChI is InChI=1S/4C6H6.8C2H6.4CH4/c4*1-2-4-6-5-3-1;8*1-2;;;;/h4*1-6H;8*1-2H3;4*1H4. The third-order valence-electron chi connectivity index (χ3n) is 2.67. The predicted molar refractivity (Wildman–Crippen MR) is 223 cm³/mol. The van der Waals surface area contributed by atoms with E-state index in [0.29, 0.717) is 0 Å². The Morgan fingerprint density at radius 3 is 0.159 bits per heavy atom. The average Bonchev–Trinajstić information content (AvgIpc) is 3.15. The first-order valence-electron chi connectivity index (χ1n) is 16.0. The monoisotopic (exact) mass is 617 g/mol. The lowest BCUT2D eigenvalue weighted by Gasteiger charge is -1.69. The third kappa shape index (κ3) is 128. The molecule has 0 fully saturated rings. The first-order valence-corrected chi connectivity index (χ1v) is 16.0. The highest BCUT2D eigenvalue weighted by Crippen LogP contribution is 1.81. The molecule has 0 aliphatic heterocycles. The van der Waals surface area contributed by atoms with Gasteiger partial charge in [-0.2, -0.15) is 0 Å². The van der Waals surface area contributed by atoms with Gasteiger partial charge in [0, 0.05) is 0 Å². The molecule has 0 N–H and O–H groups in total. The predicted octanol–water partition coefficient (Wildman–Crippen LogP) is 17.5. The highest BCUT2D eigenvalue weighted by molar-refractivity contribution is 5.00. The van der Waals surface area contributed by atoms with Crippen LogP contribution < -0.4 is 0 Å². The Hall–Kier alpha value is -3.12. The molecule has 0 nitrogen and oxygen atoms in total. The fourth-order valence-electron chi connectivity index (χ4n) is 1.54. The van der Waals surface area contributed by atoms with Crippen LogP contribution in [0.25, 0.3) is 0 Å². The smallest absolute Gasteiger partial charge is 0.0623 e. The minimum Gasteiger partial charge on any atom is -0.0776 e. The lowest BCUT2D eigenvalue weighted by molar-refractivity contribution is 1.50. The molecule has 4 aromatic carbocycles. The molecule has 0 aromatic heterocycles. The van der Waals surface area contributed by atoms with Crippen LogP contribution in [0.2, 0.25) is 0 Å². The number of rotatable bonds is 0. The summed E-state index contributed by atoms with van der Waals surface area (Å²) in [6.07, 6.45) is 0. The lowest BCUT2D eigenvalue weighted by Crippen LogP contribution is -1.47. The van der Waals surface area contributed by atoms with Crippen LogP contribution in [0.15, 0.2) is 146 Å². The number of hydrogen-bond donors (Lipinski definition) is 0. The molecule has 264 valence electrons. The zero-order chi connectivity index (χ0) is 33.0. The van der Waals surface area contributed by atoms with Gasteiger partial charge in [-0.1, -0.05) is 286 Å². The van der Waals surface area contributed by atoms with Crippen LogP contribution in [0.3, 0.4) is 0 Å². The van der Waals surface area contributed by atoms with Crippen LogP contribution in [0, 0.1) is 0 Å². The molecule has 0 heteroatoms. The first-order chi connectivity index (χ1) is 20.0. The second-order valence-corrected chi connectivity index (χ2v) is 4.62. The van der Waals surface area contributed by atoms with Crippen LogP contribution in [0.5, 0.6) is 0 Å². The molecule has 0 atom stereocenters. The zero-order valence-electron chi connectivity index (χ0n) is 29.9. The van der Waals surface area contributed by atoms with Gasteiger partial charge in [-0.05, 0) is 0 Å². The van der Waals surface area contributed by atoms with Crippen molar-refractivity contribution in [3.05, 3.63) is 146 Å². The SMILES string of the molecule is C.C.C.C.CC.CC.CC.CC.CC.CC.CC.CC.c1ccccc1.c1ccccc1.c1ccccc1.c1ccccc1. The van der Waals surface area contributed by atoms with Crippen molar-refractivity contribution in [3.8, 4) is 0 Å². The quantitative estimate of drug-likeness (QED) is 0.184. The molecular formula is C44H88. The largest absolute Gasteiger partial charge is 0.0776 e. The van der Waals surface area contributed by atoms with E-state index in [2.05, 4.69) is 0 Å². The molecule has 44 heavy (non-hydrogen) atoms. The van der Waals surface area contributed by atoms with Crippen LogP contribution in [0.1, 0.15) is 140 Å². The van der Waals surface area contributed by atoms with E-state index in [-0.39, 0.29) is 29.7 Å². The maximum atomic E-state index is 2.00. The van der Waals surface area contributed by atoms with Crippen molar-refractivity contribution < 1.29 is 0 Å². The van der Waals surface area contributed by atoms with Gasteiger partial charge in [0.05, 0.1) is 0 Å². The normalized spacial score (nSPS) is 5.45. The van der Waals surface area contributed by atoms with Crippen molar-refractivity contribution in [2.75, 3.05) is 0 Å². The molecule has 0 radical (unpaired) electrons. The van der Waals surface area contributed by atoms with Crippen molar-refractivity contribution in [1.82, 2.24) is 0 Å². The number of benzene rings is 4. The van der Waals surface area contributed by atoms with Crippen molar-refractivity contribution in [2.24, 2.45) is 0 Å². The molecule has 4 rings (SSSR count). The Labute approximate surface area is 285 Å². The Bertz CT molecular complexity index is 414. The van der Waals surface area contributed by atoms with E-state index < -0.39 is 0 Å². The summed E-state index contributed by atoms with van der Waals surface area (Å²) in [5.74, 6) is 0. The van der Waals surface area contributed by atoms with Crippen molar-refractivity contribution in [1.29, 1.82) is 0 Å². The fourth-order valence-corrected chi connectivity index (χ4v) is 1.54. The van der Waals surface area contributed by atoms with Crippen LogP contribution in [-0.4, -0.2) is 0 Å². The van der Waals surface area contributed by atoms with Crippen molar-refractivity contribution in [2.45, 2.75) is 140 Å². The Kier molecular flexibility index (Phi) is 245. The molecule has 0 heterocycles. The van der Waals surface area contributed by atoms with Crippen molar-refractivity contribution >= 4 is 0 Å². The van der Waals surface area contributed by atoms with Crippen LogP contribution in [0.4, 0.5) is 0 Å². The van der Waals surface area contributed by atoms with E-state index in [9.17, 15) is 0 Å². The summed E-state index contributed by atoms with van der Waals surface area (Å²) < 4.78 is 0. The molecule has 0 spiro atoms. The molecular weight excluding hydrogens is 528 g/mol. The minimum absolute atomic E-state index is 0. The zero-order valence-corrected chi connectivity index (χ0v) is 29.9. The van der Waals surface area contributed by atoms with E-state index in [0.717, 1.165) is 0 Å². The molecule has 0 saturated heterocycles. The van der Waals surface area contributed by atoms with E-state index in [1.165, 1.54) is 0 Å². The van der Waals surface area contributed by atoms with Gasteiger partial charge < -0.3 is 0 Å². The topological polar surface area (TPSA) is 0 Å². The minimum atomic E-state index is 0. The molecule has 0 bridgehead atoms. The van der Waals surface area contributed by atoms with Gasteiger partial charge in [0.15, 0.2) is 0 Å². The summed E-state index contributed by atoms with van der Waals surface area (Å²) in [7, 11) is 0. The van der Waals surface area contributed by atoms with Gasteiger partial charge in [-0.25, -0.2) is 0 Å². The van der Waals surface area contributed by atoms with Gasteiger partial charge in [-0.3, -0.25) is 0 Å². The Morgan fingerprint density at radius 1 is 0.114 bits per heavy atom. The first kappa shape index (κ1) is 78.0. The van der Waals surface area contributed by atoms with E-state index in [1.807, 2.05) is 256 Å².